The summed E-state index contributed by atoms with van der Waals surface area (Å²) >= 11 is 3.63. The van der Waals surface area contributed by atoms with Crippen LogP contribution in [0, 0.1) is 0 Å². The molecule has 3 atom stereocenters. The molecule has 0 aliphatic rings. The third kappa shape index (κ3) is 12.1. The minimum atomic E-state index is -0.914. The molecule has 0 aliphatic carbocycles. The molecule has 45 heavy (non-hydrogen) atoms. The molecule has 0 aliphatic heterocycles. The minimum Gasteiger partial charge on any atom is -0.369 e. The van der Waals surface area contributed by atoms with Crippen molar-refractivity contribution in [3.8, 4) is 0 Å². The topological polar surface area (TPSA) is 54.0 Å². The lowest BCUT2D eigenvalue weighted by Crippen LogP contribution is -2.51. The number of hydrogen-bond donors (Lipinski definition) is 0. The van der Waals surface area contributed by atoms with Crippen molar-refractivity contribution in [2.24, 2.45) is 0 Å². The molecule has 4 aromatic rings. The number of hydrogen-bond acceptors (Lipinski definition) is 7. The minimum absolute atomic E-state index is 0.0188. The van der Waals surface area contributed by atoms with Crippen molar-refractivity contribution in [1.29, 1.82) is 0 Å². The molecular formula is C38H44O5S2. The monoisotopic (exact) mass is 644 g/mol. The molecule has 0 heterocycles. The van der Waals surface area contributed by atoms with Crippen LogP contribution in [-0.2, 0) is 50.2 Å². The molecular weight excluding hydrogens is 601 g/mol. The van der Waals surface area contributed by atoms with Crippen LogP contribution in [-0.4, -0.2) is 46.8 Å². The first kappa shape index (κ1) is 35.0. The Morgan fingerprint density at radius 1 is 0.533 bits per heavy atom. The maximum absolute atomic E-state index is 14.1. The van der Waals surface area contributed by atoms with Gasteiger partial charge in [-0.05, 0) is 33.8 Å². The standard InChI is InChI=1S/C38H44O5S2/c1-3-44-38(45-4-2)37(43-28-33-23-15-8-16-24-33)36(42-27-32-21-13-7-14-22-32)35(41-26-31-19-11-6-12-20-31)34(39)29-40-25-30-17-9-5-10-18-30/h5-24,35-38H,3-4,25-29H2,1-2H3/t35-,36+,37-/m1/s1. The molecule has 0 amide bonds. The number of Topliss-reactive ketones (excluding diaryl/α,β-unsaturated/α-hetero) is 1. The van der Waals surface area contributed by atoms with Gasteiger partial charge in [-0.15, -0.1) is 23.5 Å². The number of ether oxygens (including phenoxy) is 4. The number of benzene rings is 4. The van der Waals surface area contributed by atoms with Gasteiger partial charge in [0.2, 0.25) is 0 Å². The average molecular weight is 645 g/mol. The smallest absolute Gasteiger partial charge is 0.189 e. The van der Waals surface area contributed by atoms with Crippen LogP contribution in [0.15, 0.2) is 121 Å². The van der Waals surface area contributed by atoms with Crippen molar-refractivity contribution in [1.82, 2.24) is 0 Å². The van der Waals surface area contributed by atoms with Crippen molar-refractivity contribution >= 4 is 29.3 Å². The average Bonchev–Trinajstić information content (AvgIpc) is 3.09. The van der Waals surface area contributed by atoms with Crippen LogP contribution in [0.5, 0.6) is 0 Å². The van der Waals surface area contributed by atoms with Crippen molar-refractivity contribution < 1.29 is 23.7 Å². The molecule has 5 nitrogen and oxygen atoms in total. The van der Waals surface area contributed by atoms with Gasteiger partial charge < -0.3 is 18.9 Å². The van der Waals surface area contributed by atoms with Gasteiger partial charge in [0, 0.05) is 0 Å². The Hall–Kier alpha value is -2.91. The second-order valence-corrected chi connectivity index (χ2v) is 13.6. The summed E-state index contributed by atoms with van der Waals surface area (Å²) in [5, 5.41) is 0. The zero-order chi connectivity index (χ0) is 31.5. The van der Waals surface area contributed by atoms with Crippen molar-refractivity contribution in [2.45, 2.75) is 63.2 Å². The third-order valence-corrected chi connectivity index (χ3v) is 9.75. The van der Waals surface area contributed by atoms with Gasteiger partial charge in [-0.2, -0.15) is 0 Å². The zero-order valence-corrected chi connectivity index (χ0v) is 27.8. The SMILES string of the molecule is CCSC(SCC)[C@H](OCc1ccccc1)[C@@H](OCc1ccccc1)[C@H](OCc1ccccc1)C(=O)COCc1ccccc1. The first-order chi connectivity index (χ1) is 22.2. The van der Waals surface area contributed by atoms with Crippen LogP contribution < -0.4 is 0 Å². The van der Waals surface area contributed by atoms with Gasteiger partial charge in [-0.3, -0.25) is 4.79 Å². The fraction of sp³-hybridized carbons (Fsp3) is 0.342. The van der Waals surface area contributed by atoms with E-state index < -0.39 is 18.3 Å². The molecule has 0 fully saturated rings. The second-order valence-electron chi connectivity index (χ2n) is 10.5. The quantitative estimate of drug-likeness (QED) is 0.0845. The predicted octanol–water partition coefficient (Wildman–Crippen LogP) is 8.36. The van der Waals surface area contributed by atoms with E-state index in [1.54, 1.807) is 0 Å². The summed E-state index contributed by atoms with van der Waals surface area (Å²) in [6, 6.07) is 39.9. The molecule has 0 saturated carbocycles. The summed E-state index contributed by atoms with van der Waals surface area (Å²) in [6.07, 6.45) is -2.04. The normalized spacial score (nSPS) is 13.4. The van der Waals surface area contributed by atoms with Crippen LogP contribution in [0.4, 0.5) is 0 Å². The van der Waals surface area contributed by atoms with E-state index in [0.717, 1.165) is 33.8 Å². The highest BCUT2D eigenvalue weighted by atomic mass is 32.2. The molecule has 0 radical (unpaired) electrons. The van der Waals surface area contributed by atoms with Crippen LogP contribution in [0.1, 0.15) is 36.1 Å². The van der Waals surface area contributed by atoms with Gasteiger partial charge in [-0.1, -0.05) is 135 Å². The maximum atomic E-state index is 14.1. The lowest BCUT2D eigenvalue weighted by atomic mass is 10.0. The predicted molar refractivity (Wildman–Crippen MR) is 186 cm³/mol. The molecule has 238 valence electrons. The summed E-state index contributed by atoms with van der Waals surface area (Å²) < 4.78 is 26.0. The number of carbonyl (C=O) groups excluding carboxylic acids is 1. The van der Waals surface area contributed by atoms with Gasteiger partial charge in [0.1, 0.15) is 24.9 Å². The van der Waals surface area contributed by atoms with Crippen molar-refractivity contribution in [2.75, 3.05) is 18.1 Å². The lowest BCUT2D eigenvalue weighted by molar-refractivity contribution is -0.168. The van der Waals surface area contributed by atoms with Gasteiger partial charge in [0.05, 0.1) is 31.0 Å². The molecule has 0 unspecified atom stereocenters. The van der Waals surface area contributed by atoms with Gasteiger partial charge in [0.25, 0.3) is 0 Å². The molecule has 0 N–H and O–H groups in total. The molecule has 0 saturated heterocycles. The van der Waals surface area contributed by atoms with Gasteiger partial charge in [-0.25, -0.2) is 0 Å². The molecule has 0 bridgehead atoms. The Morgan fingerprint density at radius 2 is 0.911 bits per heavy atom. The Balaban J connectivity index is 1.66. The fourth-order valence-corrected chi connectivity index (χ4v) is 7.54. The van der Waals surface area contributed by atoms with Crippen LogP contribution in [0.3, 0.4) is 0 Å². The van der Waals surface area contributed by atoms with Crippen LogP contribution >= 0.6 is 23.5 Å². The summed E-state index contributed by atoms with van der Waals surface area (Å²) in [5.74, 6) is 1.63. The molecule has 4 aromatic carbocycles. The number of thioether (sulfide) groups is 2. The van der Waals surface area contributed by atoms with Crippen LogP contribution in [0.25, 0.3) is 0 Å². The highest BCUT2D eigenvalue weighted by Gasteiger charge is 2.41. The van der Waals surface area contributed by atoms with E-state index in [1.165, 1.54) is 0 Å². The first-order valence-corrected chi connectivity index (χ1v) is 17.6. The maximum Gasteiger partial charge on any atom is 0.189 e. The highest BCUT2D eigenvalue weighted by Crippen LogP contribution is 2.34. The number of carbonyl (C=O) groups is 1. The molecule has 0 aromatic heterocycles. The van der Waals surface area contributed by atoms with E-state index in [1.807, 2.05) is 133 Å². The number of rotatable bonds is 21. The highest BCUT2D eigenvalue weighted by molar-refractivity contribution is 8.17. The summed E-state index contributed by atoms with van der Waals surface area (Å²) in [4.78, 5) is 14.1. The largest absolute Gasteiger partial charge is 0.369 e. The number of ketones is 1. The third-order valence-electron chi connectivity index (χ3n) is 7.07. The molecule has 4 rings (SSSR count). The molecule has 7 heteroatoms. The second kappa shape index (κ2) is 20.3. The fourth-order valence-electron chi connectivity index (χ4n) is 4.84. The zero-order valence-electron chi connectivity index (χ0n) is 26.2. The first-order valence-electron chi connectivity index (χ1n) is 15.5. The summed E-state index contributed by atoms with van der Waals surface area (Å²) in [5.41, 5.74) is 4.06. The summed E-state index contributed by atoms with van der Waals surface area (Å²) in [6.45, 7) is 5.51. The van der Waals surface area contributed by atoms with Gasteiger partial charge >= 0.3 is 0 Å². The van der Waals surface area contributed by atoms with E-state index in [9.17, 15) is 4.79 Å². The van der Waals surface area contributed by atoms with Crippen LogP contribution in [0.2, 0.25) is 0 Å². The van der Waals surface area contributed by atoms with Gasteiger partial charge in [0.15, 0.2) is 5.78 Å². The van der Waals surface area contributed by atoms with Crippen molar-refractivity contribution in [3.63, 3.8) is 0 Å². The Bertz CT molecular complexity index is 1340. The summed E-state index contributed by atoms with van der Waals surface area (Å²) in [7, 11) is 0. The van der Waals surface area contributed by atoms with E-state index >= 15 is 0 Å². The Kier molecular flexibility index (Phi) is 15.7. The molecule has 0 spiro atoms. The lowest BCUT2D eigenvalue weighted by Gasteiger charge is -2.36. The Morgan fingerprint density at radius 3 is 1.33 bits per heavy atom. The van der Waals surface area contributed by atoms with E-state index in [4.69, 9.17) is 18.9 Å². The van der Waals surface area contributed by atoms with E-state index in [-0.39, 0.29) is 23.6 Å². The van der Waals surface area contributed by atoms with E-state index in [2.05, 4.69) is 26.0 Å². The van der Waals surface area contributed by atoms with E-state index in [0.29, 0.717) is 19.8 Å². The van der Waals surface area contributed by atoms with Crippen molar-refractivity contribution in [3.05, 3.63) is 144 Å². The Labute approximate surface area is 277 Å².